The highest BCUT2D eigenvalue weighted by Gasteiger charge is 2.34. The molecule has 0 heterocycles. The average molecular weight is 294 g/mol. The van der Waals surface area contributed by atoms with Gasteiger partial charge >= 0.3 is 0 Å². The van der Waals surface area contributed by atoms with E-state index in [0.717, 1.165) is 23.7 Å². The highest BCUT2D eigenvalue weighted by atomic mass is 14.8. The van der Waals surface area contributed by atoms with Crippen molar-refractivity contribution in [1.82, 2.24) is 5.32 Å². The van der Waals surface area contributed by atoms with Crippen LogP contribution in [0.3, 0.4) is 0 Å². The molecule has 1 fully saturated rings. The predicted octanol–water partition coefficient (Wildman–Crippen LogP) is 5.81. The Balaban J connectivity index is 2.30. The van der Waals surface area contributed by atoms with E-state index in [1.165, 1.54) is 38.5 Å². The predicted molar refractivity (Wildman–Crippen MR) is 95.6 cm³/mol. The van der Waals surface area contributed by atoms with Gasteiger partial charge in [0, 0.05) is 6.04 Å². The van der Waals surface area contributed by atoms with Crippen LogP contribution in [0.4, 0.5) is 0 Å². The van der Waals surface area contributed by atoms with E-state index in [2.05, 4.69) is 53.9 Å². The molecule has 124 valence electrons. The second kappa shape index (κ2) is 8.98. The number of allylic oxidation sites excluding steroid dienone is 1. The molecule has 1 N–H and O–H groups in total. The normalized spacial score (nSPS) is 27.6. The first-order valence-corrected chi connectivity index (χ1v) is 9.21. The highest BCUT2D eigenvalue weighted by molar-refractivity contribution is 5.11. The van der Waals surface area contributed by atoms with E-state index < -0.39 is 0 Å². The molecule has 1 saturated carbocycles. The SMILES string of the molecule is CCC(C)C1CC(C(C)CC/C(C)=C(/C)CC(C)NC)C1. The zero-order valence-electron chi connectivity index (χ0n) is 15.6. The fourth-order valence-corrected chi connectivity index (χ4v) is 3.60. The molecular formula is C20H39N. The van der Waals surface area contributed by atoms with Gasteiger partial charge in [-0.25, -0.2) is 0 Å². The first-order chi connectivity index (χ1) is 9.88. The molecule has 1 aliphatic rings. The topological polar surface area (TPSA) is 12.0 Å². The third-order valence-corrected chi connectivity index (χ3v) is 6.27. The van der Waals surface area contributed by atoms with Gasteiger partial charge in [-0.1, -0.05) is 38.3 Å². The van der Waals surface area contributed by atoms with Crippen molar-refractivity contribution in [2.45, 2.75) is 86.1 Å². The molecule has 0 aliphatic heterocycles. The standard InChI is InChI=1S/C20H39N/c1-8-14(2)19-12-20(13-19)16(4)10-9-15(3)17(5)11-18(6)21-7/h14,16,18-21H,8-13H2,1-7H3/b17-15-. The van der Waals surface area contributed by atoms with E-state index >= 15 is 0 Å². The van der Waals surface area contributed by atoms with Crippen LogP contribution >= 0.6 is 0 Å². The Morgan fingerprint density at radius 2 is 1.57 bits per heavy atom. The summed E-state index contributed by atoms with van der Waals surface area (Å²) in [6.45, 7) is 14.2. The molecule has 0 radical (unpaired) electrons. The summed E-state index contributed by atoms with van der Waals surface area (Å²) in [5.74, 6) is 3.89. The van der Waals surface area contributed by atoms with Crippen LogP contribution in [0.25, 0.3) is 0 Å². The van der Waals surface area contributed by atoms with Gasteiger partial charge in [0.25, 0.3) is 0 Å². The lowest BCUT2D eigenvalue weighted by Crippen LogP contribution is -2.32. The zero-order chi connectivity index (χ0) is 16.0. The molecule has 1 nitrogen and oxygen atoms in total. The Hall–Kier alpha value is -0.300. The van der Waals surface area contributed by atoms with E-state index in [9.17, 15) is 0 Å². The minimum Gasteiger partial charge on any atom is -0.317 e. The van der Waals surface area contributed by atoms with Gasteiger partial charge in [-0.15, -0.1) is 0 Å². The molecule has 0 spiro atoms. The molecule has 0 aromatic heterocycles. The molecule has 1 heteroatoms. The van der Waals surface area contributed by atoms with E-state index in [1.54, 1.807) is 11.1 Å². The summed E-state index contributed by atoms with van der Waals surface area (Å²) in [5, 5.41) is 3.34. The molecule has 0 saturated heterocycles. The smallest absolute Gasteiger partial charge is 0.00728 e. The Morgan fingerprint density at radius 1 is 1.00 bits per heavy atom. The molecule has 21 heavy (non-hydrogen) atoms. The molecule has 0 bridgehead atoms. The van der Waals surface area contributed by atoms with Crippen LogP contribution in [0.1, 0.15) is 80.1 Å². The Bertz CT molecular complexity index is 325. The number of hydrogen-bond donors (Lipinski definition) is 1. The van der Waals surface area contributed by atoms with Gasteiger partial charge in [0.2, 0.25) is 0 Å². The van der Waals surface area contributed by atoms with Crippen LogP contribution in [-0.4, -0.2) is 13.1 Å². The summed E-state index contributed by atoms with van der Waals surface area (Å²) in [5.41, 5.74) is 3.22. The zero-order valence-corrected chi connectivity index (χ0v) is 15.6. The summed E-state index contributed by atoms with van der Waals surface area (Å²) < 4.78 is 0. The average Bonchev–Trinajstić information content (AvgIpc) is 2.42. The second-order valence-electron chi connectivity index (χ2n) is 7.85. The summed E-state index contributed by atoms with van der Waals surface area (Å²) in [7, 11) is 2.06. The van der Waals surface area contributed by atoms with Crippen molar-refractivity contribution < 1.29 is 0 Å². The molecule has 3 atom stereocenters. The van der Waals surface area contributed by atoms with Crippen molar-refractivity contribution in [2.75, 3.05) is 7.05 Å². The molecule has 0 amide bonds. The molecule has 1 aliphatic carbocycles. The van der Waals surface area contributed by atoms with Gasteiger partial charge in [-0.05, 0) is 83.6 Å². The monoisotopic (exact) mass is 293 g/mol. The summed E-state index contributed by atoms with van der Waals surface area (Å²) in [6, 6.07) is 0.597. The molecule has 1 rings (SSSR count). The van der Waals surface area contributed by atoms with Gasteiger partial charge in [0.15, 0.2) is 0 Å². The fourth-order valence-electron chi connectivity index (χ4n) is 3.60. The lowest BCUT2D eigenvalue weighted by molar-refractivity contribution is 0.0833. The highest BCUT2D eigenvalue weighted by Crippen LogP contribution is 2.45. The summed E-state index contributed by atoms with van der Waals surface area (Å²) >= 11 is 0. The van der Waals surface area contributed by atoms with Gasteiger partial charge < -0.3 is 5.32 Å². The summed E-state index contributed by atoms with van der Waals surface area (Å²) in [4.78, 5) is 0. The minimum atomic E-state index is 0.597. The van der Waals surface area contributed by atoms with Crippen LogP contribution in [0.5, 0.6) is 0 Å². The molecule has 3 unspecified atom stereocenters. The molecular weight excluding hydrogens is 254 g/mol. The van der Waals surface area contributed by atoms with E-state index in [4.69, 9.17) is 0 Å². The largest absolute Gasteiger partial charge is 0.317 e. The number of hydrogen-bond acceptors (Lipinski definition) is 1. The fraction of sp³-hybridized carbons (Fsp3) is 0.900. The van der Waals surface area contributed by atoms with Crippen molar-refractivity contribution in [1.29, 1.82) is 0 Å². The minimum absolute atomic E-state index is 0.597. The molecule has 0 aromatic rings. The molecule has 0 aromatic carbocycles. The first kappa shape index (κ1) is 18.7. The Kier molecular flexibility index (Phi) is 8.02. The van der Waals surface area contributed by atoms with E-state index in [0.29, 0.717) is 6.04 Å². The van der Waals surface area contributed by atoms with Crippen LogP contribution < -0.4 is 5.32 Å². The summed E-state index contributed by atoms with van der Waals surface area (Å²) in [6.07, 6.45) is 8.22. The van der Waals surface area contributed by atoms with Gasteiger partial charge in [-0.3, -0.25) is 0 Å². The van der Waals surface area contributed by atoms with E-state index in [-0.39, 0.29) is 0 Å². The van der Waals surface area contributed by atoms with Crippen molar-refractivity contribution in [3.8, 4) is 0 Å². The van der Waals surface area contributed by atoms with Crippen LogP contribution in [0.2, 0.25) is 0 Å². The van der Waals surface area contributed by atoms with Gasteiger partial charge in [0.05, 0.1) is 0 Å². The van der Waals surface area contributed by atoms with Crippen molar-refractivity contribution >= 4 is 0 Å². The first-order valence-electron chi connectivity index (χ1n) is 9.21. The second-order valence-corrected chi connectivity index (χ2v) is 7.85. The van der Waals surface area contributed by atoms with Crippen molar-refractivity contribution in [3.63, 3.8) is 0 Å². The lowest BCUT2D eigenvalue weighted by Gasteiger charge is -2.42. The lowest BCUT2D eigenvalue weighted by atomic mass is 9.63. The maximum absolute atomic E-state index is 3.34. The number of rotatable bonds is 9. The third kappa shape index (κ3) is 5.77. The van der Waals surface area contributed by atoms with Crippen molar-refractivity contribution in [2.24, 2.45) is 23.7 Å². The maximum Gasteiger partial charge on any atom is 0.00728 e. The van der Waals surface area contributed by atoms with E-state index in [1.807, 2.05) is 0 Å². The van der Waals surface area contributed by atoms with Crippen LogP contribution in [0.15, 0.2) is 11.1 Å². The van der Waals surface area contributed by atoms with Crippen LogP contribution in [0, 0.1) is 23.7 Å². The Morgan fingerprint density at radius 3 is 2.10 bits per heavy atom. The van der Waals surface area contributed by atoms with Gasteiger partial charge in [0.1, 0.15) is 0 Å². The number of nitrogens with one attached hydrogen (secondary N) is 1. The quantitative estimate of drug-likeness (QED) is 0.529. The Labute approximate surface area is 134 Å². The third-order valence-electron chi connectivity index (χ3n) is 6.27. The van der Waals surface area contributed by atoms with Crippen LogP contribution in [-0.2, 0) is 0 Å². The maximum atomic E-state index is 3.34. The van der Waals surface area contributed by atoms with Crippen molar-refractivity contribution in [3.05, 3.63) is 11.1 Å². The van der Waals surface area contributed by atoms with Gasteiger partial charge in [-0.2, -0.15) is 0 Å².